The van der Waals surface area contributed by atoms with Crippen molar-refractivity contribution in [1.82, 2.24) is 9.80 Å². The first-order valence-corrected chi connectivity index (χ1v) is 10.6. The summed E-state index contributed by atoms with van der Waals surface area (Å²) in [6.07, 6.45) is 14.9. The third-order valence-electron chi connectivity index (χ3n) is 6.54. The molecule has 0 N–H and O–H groups in total. The molecule has 2 nitrogen and oxygen atoms in total. The molecule has 3 atom stereocenters. The number of rotatable bonds is 7. The lowest BCUT2D eigenvalue weighted by molar-refractivity contribution is 0.108. The van der Waals surface area contributed by atoms with Crippen molar-refractivity contribution in [3.05, 3.63) is 23.8 Å². The Morgan fingerprint density at radius 3 is 2.52 bits per heavy atom. The van der Waals surface area contributed by atoms with Gasteiger partial charge in [0, 0.05) is 24.5 Å². The van der Waals surface area contributed by atoms with Crippen LogP contribution in [0.4, 0.5) is 0 Å². The molecule has 1 aliphatic heterocycles. The van der Waals surface area contributed by atoms with Crippen LogP contribution in [0.2, 0.25) is 0 Å². The third kappa shape index (κ3) is 6.12. The van der Waals surface area contributed by atoms with E-state index in [1.54, 1.807) is 0 Å². The van der Waals surface area contributed by atoms with Crippen LogP contribution in [0.15, 0.2) is 23.8 Å². The second kappa shape index (κ2) is 9.58. The number of nitrogens with zero attached hydrogens (tertiary/aromatic N) is 2. The van der Waals surface area contributed by atoms with Crippen LogP contribution in [0.25, 0.3) is 0 Å². The Kier molecular flexibility index (Phi) is 8.04. The van der Waals surface area contributed by atoms with Crippen LogP contribution in [0, 0.1) is 11.3 Å². The zero-order valence-corrected chi connectivity index (χ0v) is 17.9. The van der Waals surface area contributed by atoms with Crippen molar-refractivity contribution in [2.45, 2.75) is 70.7 Å². The van der Waals surface area contributed by atoms with Gasteiger partial charge in [-0.2, -0.15) is 0 Å². The van der Waals surface area contributed by atoms with Crippen molar-refractivity contribution in [2.24, 2.45) is 11.3 Å². The molecule has 2 fully saturated rings. The van der Waals surface area contributed by atoms with E-state index in [2.05, 4.69) is 56.0 Å². The molecule has 25 heavy (non-hydrogen) atoms. The van der Waals surface area contributed by atoms with Crippen LogP contribution in [0.1, 0.15) is 59.3 Å². The molecular formula is C22H39ClN2. The highest BCUT2D eigenvalue weighted by Gasteiger charge is 2.38. The molecule has 1 saturated heterocycles. The molecule has 0 aromatic heterocycles. The number of halogens is 1. The van der Waals surface area contributed by atoms with Gasteiger partial charge >= 0.3 is 0 Å². The second-order valence-electron chi connectivity index (χ2n) is 8.91. The largest absolute Gasteiger partial charge is 0.305 e. The summed E-state index contributed by atoms with van der Waals surface area (Å²) in [5.41, 5.74) is 1.99. The number of allylic oxidation sites excluding steroid dienone is 3. The van der Waals surface area contributed by atoms with Gasteiger partial charge in [0.25, 0.3) is 0 Å². The Morgan fingerprint density at radius 1 is 1.28 bits per heavy atom. The van der Waals surface area contributed by atoms with Gasteiger partial charge in [0.15, 0.2) is 0 Å². The maximum absolute atomic E-state index is 6.07. The lowest BCUT2D eigenvalue weighted by atomic mass is 9.65. The Balaban J connectivity index is 2.12. The third-order valence-corrected chi connectivity index (χ3v) is 6.69. The van der Waals surface area contributed by atoms with E-state index in [0.717, 1.165) is 6.04 Å². The van der Waals surface area contributed by atoms with Gasteiger partial charge in [-0.05, 0) is 65.1 Å². The molecule has 3 heteroatoms. The summed E-state index contributed by atoms with van der Waals surface area (Å²) in [5, 5.41) is 0.104. The topological polar surface area (TPSA) is 6.48 Å². The molecule has 0 amide bonds. The molecule has 144 valence electrons. The second-order valence-corrected chi connectivity index (χ2v) is 9.59. The highest BCUT2D eigenvalue weighted by Crippen LogP contribution is 2.45. The van der Waals surface area contributed by atoms with E-state index in [1.807, 2.05) is 6.92 Å². The average molecular weight is 367 g/mol. The summed E-state index contributed by atoms with van der Waals surface area (Å²) < 4.78 is 0. The van der Waals surface area contributed by atoms with Gasteiger partial charge < -0.3 is 9.80 Å². The Hall–Kier alpha value is -0.310. The Labute approximate surface area is 161 Å². The Bertz CT molecular complexity index is 461. The molecule has 0 aromatic carbocycles. The first kappa shape index (κ1) is 21.0. The van der Waals surface area contributed by atoms with Crippen LogP contribution in [0.3, 0.4) is 0 Å². The van der Waals surface area contributed by atoms with Crippen LogP contribution in [0.5, 0.6) is 0 Å². The maximum atomic E-state index is 6.07. The fraction of sp³-hybridized carbons (Fsp3) is 0.818. The monoisotopic (exact) mass is 366 g/mol. The molecule has 3 unspecified atom stereocenters. The molecule has 2 aliphatic rings. The molecule has 2 rings (SSSR count). The zero-order valence-electron chi connectivity index (χ0n) is 17.1. The van der Waals surface area contributed by atoms with Crippen molar-refractivity contribution >= 4 is 11.6 Å². The summed E-state index contributed by atoms with van der Waals surface area (Å²) in [6.45, 7) is 10.6. The number of likely N-dealkylation sites (N-methyl/N-ethyl adjacent to an activating group) is 1. The van der Waals surface area contributed by atoms with E-state index in [0.29, 0.717) is 11.3 Å². The smallest absolute Gasteiger partial charge is 0.0490 e. The van der Waals surface area contributed by atoms with E-state index < -0.39 is 0 Å². The summed E-state index contributed by atoms with van der Waals surface area (Å²) >= 11 is 6.07. The first-order valence-electron chi connectivity index (χ1n) is 10.2. The van der Waals surface area contributed by atoms with Crippen molar-refractivity contribution in [1.29, 1.82) is 0 Å². The van der Waals surface area contributed by atoms with Crippen LogP contribution in [-0.2, 0) is 0 Å². The fourth-order valence-electron chi connectivity index (χ4n) is 4.76. The van der Waals surface area contributed by atoms with Gasteiger partial charge in [0.1, 0.15) is 0 Å². The predicted molar refractivity (Wildman–Crippen MR) is 111 cm³/mol. The van der Waals surface area contributed by atoms with Gasteiger partial charge in [-0.1, -0.05) is 50.0 Å². The average Bonchev–Trinajstić information content (AvgIpc) is 3.01. The lowest BCUT2D eigenvalue weighted by Crippen LogP contribution is -2.40. The van der Waals surface area contributed by atoms with Gasteiger partial charge in [0.05, 0.1) is 0 Å². The van der Waals surface area contributed by atoms with Gasteiger partial charge in [-0.3, -0.25) is 0 Å². The van der Waals surface area contributed by atoms with Crippen molar-refractivity contribution < 1.29 is 0 Å². The highest BCUT2D eigenvalue weighted by atomic mass is 35.5. The maximum Gasteiger partial charge on any atom is 0.0490 e. The molecule has 0 aromatic rings. The van der Waals surface area contributed by atoms with Gasteiger partial charge in [0.2, 0.25) is 0 Å². The van der Waals surface area contributed by atoms with E-state index in [1.165, 1.54) is 63.7 Å². The van der Waals surface area contributed by atoms with E-state index in [4.69, 9.17) is 11.6 Å². The van der Waals surface area contributed by atoms with Gasteiger partial charge in [-0.15, -0.1) is 11.6 Å². The standard InChI is InChI=1S/C22H39ClN2/c1-18(10-9-11-19(2)23)21(22(3)13-7-6-8-14-22)17-25-15-12-20(16-25)24(4)5/h9-11,19-21H,6-8,12-17H2,1-5H3/b11-9-,18-10+. The molecular weight excluding hydrogens is 328 g/mol. The fourth-order valence-corrected chi connectivity index (χ4v) is 4.84. The van der Waals surface area contributed by atoms with E-state index in [-0.39, 0.29) is 5.38 Å². The minimum absolute atomic E-state index is 0.104. The lowest BCUT2D eigenvalue weighted by Gasteiger charge is -2.43. The number of likely N-dealkylation sites (tertiary alicyclic amines) is 1. The summed E-state index contributed by atoms with van der Waals surface area (Å²) in [4.78, 5) is 5.10. The van der Waals surface area contributed by atoms with Crippen molar-refractivity contribution in [2.75, 3.05) is 33.7 Å². The van der Waals surface area contributed by atoms with Crippen LogP contribution < -0.4 is 0 Å². The molecule has 0 spiro atoms. The quantitative estimate of drug-likeness (QED) is 0.443. The number of hydrogen-bond acceptors (Lipinski definition) is 2. The Morgan fingerprint density at radius 2 is 1.96 bits per heavy atom. The first-order chi connectivity index (χ1) is 11.8. The number of alkyl halides is 1. The normalized spacial score (nSPS) is 28.0. The zero-order chi connectivity index (χ0) is 18.4. The molecule has 1 saturated carbocycles. The van der Waals surface area contributed by atoms with Crippen molar-refractivity contribution in [3.8, 4) is 0 Å². The molecule has 1 heterocycles. The SMILES string of the molecule is C/C(=C\C=C/C(C)Cl)C(CN1CCC(N(C)C)C1)C1(C)CCCCC1. The number of hydrogen-bond donors (Lipinski definition) is 0. The van der Waals surface area contributed by atoms with Gasteiger partial charge in [-0.25, -0.2) is 0 Å². The van der Waals surface area contributed by atoms with Crippen LogP contribution in [-0.4, -0.2) is 54.9 Å². The minimum Gasteiger partial charge on any atom is -0.305 e. The minimum atomic E-state index is 0.104. The van der Waals surface area contributed by atoms with Crippen molar-refractivity contribution in [3.63, 3.8) is 0 Å². The summed E-state index contributed by atoms with van der Waals surface area (Å²) in [7, 11) is 4.44. The highest BCUT2D eigenvalue weighted by molar-refractivity contribution is 6.21. The summed E-state index contributed by atoms with van der Waals surface area (Å²) in [5.74, 6) is 0.656. The van der Waals surface area contributed by atoms with E-state index in [9.17, 15) is 0 Å². The van der Waals surface area contributed by atoms with Crippen LogP contribution >= 0.6 is 11.6 Å². The predicted octanol–water partition coefficient (Wildman–Crippen LogP) is 5.34. The molecule has 0 radical (unpaired) electrons. The summed E-state index contributed by atoms with van der Waals surface area (Å²) in [6, 6.07) is 0.723. The molecule has 1 aliphatic carbocycles. The van der Waals surface area contributed by atoms with E-state index >= 15 is 0 Å². The molecule has 0 bridgehead atoms.